The predicted octanol–water partition coefficient (Wildman–Crippen LogP) is 3.07. The van der Waals surface area contributed by atoms with Crippen molar-refractivity contribution in [1.29, 1.82) is 0 Å². The van der Waals surface area contributed by atoms with E-state index in [1.54, 1.807) is 42.5 Å². The number of thioether (sulfide) groups is 1. The van der Waals surface area contributed by atoms with E-state index in [-0.39, 0.29) is 22.3 Å². The smallest absolute Gasteiger partial charge is 0.321 e. The highest BCUT2D eigenvalue weighted by molar-refractivity contribution is 7.99. The van der Waals surface area contributed by atoms with Crippen LogP contribution in [-0.4, -0.2) is 39.2 Å². The maximum absolute atomic E-state index is 12.5. The molecule has 11 heteroatoms. The number of anilines is 1. The number of nitrogens with one attached hydrogen (secondary N) is 2. The van der Waals surface area contributed by atoms with Crippen molar-refractivity contribution in [2.24, 2.45) is 0 Å². The maximum atomic E-state index is 12.5. The van der Waals surface area contributed by atoms with Gasteiger partial charge in [0.05, 0.1) is 5.69 Å². The largest absolute Gasteiger partial charge is 0.455 e. The molecule has 2 rings (SSSR count). The summed E-state index contributed by atoms with van der Waals surface area (Å²) in [5, 5.41) is 3.26. The lowest BCUT2D eigenvalue weighted by atomic mass is 10.2. The Morgan fingerprint density at radius 1 is 1.07 bits per heavy atom. The van der Waals surface area contributed by atoms with E-state index in [0.717, 1.165) is 5.41 Å². The number of alkyl halides is 2. The standard InChI is InChI=1S/C19H18F2N2O5S2/c20-19(21)29-16-9-5-4-8-15(16)23-17(24)13-28-18(25)12-22-30(26,27)11-10-14-6-2-1-3-7-14/h1-11,19,22H,12-13H2,(H,23,24)/b11-10+. The Morgan fingerprint density at radius 2 is 1.73 bits per heavy atom. The molecule has 2 aromatic rings. The summed E-state index contributed by atoms with van der Waals surface area (Å²) in [5.74, 6) is -4.39. The van der Waals surface area contributed by atoms with Crippen LogP contribution in [0, 0.1) is 0 Å². The van der Waals surface area contributed by atoms with Crippen molar-refractivity contribution in [3.63, 3.8) is 0 Å². The Balaban J connectivity index is 1.79. The first-order chi connectivity index (χ1) is 14.2. The van der Waals surface area contributed by atoms with Crippen LogP contribution in [-0.2, 0) is 24.3 Å². The van der Waals surface area contributed by atoms with E-state index in [1.165, 1.54) is 18.2 Å². The third-order valence-electron chi connectivity index (χ3n) is 3.40. The summed E-state index contributed by atoms with van der Waals surface area (Å²) in [6, 6.07) is 14.6. The van der Waals surface area contributed by atoms with Gasteiger partial charge in [-0.25, -0.2) is 13.1 Å². The highest BCUT2D eigenvalue weighted by atomic mass is 32.2. The number of para-hydroxylation sites is 1. The minimum atomic E-state index is -3.88. The monoisotopic (exact) mass is 456 g/mol. The number of carbonyl (C=O) groups is 2. The van der Waals surface area contributed by atoms with Gasteiger partial charge >= 0.3 is 5.97 Å². The quantitative estimate of drug-likeness (QED) is 0.421. The molecule has 7 nitrogen and oxygen atoms in total. The van der Waals surface area contributed by atoms with E-state index in [0.29, 0.717) is 5.56 Å². The minimum absolute atomic E-state index is 0.149. The minimum Gasteiger partial charge on any atom is -0.455 e. The molecule has 0 spiro atoms. The van der Waals surface area contributed by atoms with Crippen LogP contribution in [0.3, 0.4) is 0 Å². The van der Waals surface area contributed by atoms with Gasteiger partial charge in [-0.3, -0.25) is 9.59 Å². The second-order valence-electron chi connectivity index (χ2n) is 5.66. The molecule has 0 aromatic heterocycles. The third-order valence-corrected chi connectivity index (χ3v) is 5.23. The van der Waals surface area contributed by atoms with Gasteiger partial charge in [0.25, 0.3) is 11.7 Å². The van der Waals surface area contributed by atoms with Gasteiger partial charge in [-0.2, -0.15) is 8.78 Å². The van der Waals surface area contributed by atoms with Crippen molar-refractivity contribution in [2.45, 2.75) is 10.7 Å². The molecule has 0 aliphatic carbocycles. The van der Waals surface area contributed by atoms with Crippen molar-refractivity contribution in [2.75, 3.05) is 18.5 Å². The van der Waals surface area contributed by atoms with Gasteiger partial charge < -0.3 is 10.1 Å². The number of halogens is 2. The summed E-state index contributed by atoms with van der Waals surface area (Å²) < 4.78 is 55.5. The Bertz CT molecular complexity index is 999. The molecule has 0 aliphatic rings. The molecule has 0 bridgehead atoms. The van der Waals surface area contributed by atoms with Gasteiger partial charge in [-0.1, -0.05) is 54.2 Å². The average Bonchev–Trinajstić information content (AvgIpc) is 2.71. The molecule has 0 fully saturated rings. The predicted molar refractivity (Wildman–Crippen MR) is 110 cm³/mol. The topological polar surface area (TPSA) is 102 Å². The van der Waals surface area contributed by atoms with E-state index < -0.39 is 40.8 Å². The lowest BCUT2D eigenvalue weighted by Gasteiger charge is -2.10. The number of benzene rings is 2. The number of carbonyl (C=O) groups excluding carboxylic acids is 2. The van der Waals surface area contributed by atoms with Gasteiger partial charge in [-0.05, 0) is 23.8 Å². The second kappa shape index (κ2) is 11.4. The molecule has 30 heavy (non-hydrogen) atoms. The lowest BCUT2D eigenvalue weighted by molar-refractivity contribution is -0.146. The summed E-state index contributed by atoms with van der Waals surface area (Å²) >= 11 is 0.266. The van der Waals surface area contributed by atoms with Crippen molar-refractivity contribution in [3.8, 4) is 0 Å². The SMILES string of the molecule is O=C(COC(=O)CNS(=O)(=O)/C=C/c1ccccc1)Nc1ccccc1SC(F)F. The van der Waals surface area contributed by atoms with Crippen LogP contribution in [0.1, 0.15) is 5.56 Å². The third kappa shape index (κ3) is 8.72. The molecule has 160 valence electrons. The summed E-state index contributed by atoms with van der Waals surface area (Å²) in [6.45, 7) is -1.37. The van der Waals surface area contributed by atoms with Crippen LogP contribution in [0.2, 0.25) is 0 Å². The summed E-state index contributed by atoms with van der Waals surface area (Å²) in [5.41, 5.74) is 0.808. The van der Waals surface area contributed by atoms with E-state index in [9.17, 15) is 26.8 Å². The highest BCUT2D eigenvalue weighted by Crippen LogP contribution is 2.31. The molecule has 0 radical (unpaired) electrons. The Hall–Kier alpha value is -2.76. The van der Waals surface area contributed by atoms with Crippen molar-refractivity contribution in [1.82, 2.24) is 4.72 Å². The summed E-state index contributed by atoms with van der Waals surface area (Å²) in [4.78, 5) is 23.7. The molecule has 0 unspecified atom stereocenters. The number of hydrogen-bond acceptors (Lipinski definition) is 6. The number of rotatable bonds is 10. The molecular weight excluding hydrogens is 438 g/mol. The number of sulfonamides is 1. The molecule has 0 saturated carbocycles. The van der Waals surface area contributed by atoms with Crippen LogP contribution >= 0.6 is 11.8 Å². The first-order valence-corrected chi connectivity index (χ1v) is 10.9. The van der Waals surface area contributed by atoms with Gasteiger partial charge in [0.15, 0.2) is 6.61 Å². The van der Waals surface area contributed by atoms with Gasteiger partial charge in [0.2, 0.25) is 10.0 Å². The van der Waals surface area contributed by atoms with E-state index in [4.69, 9.17) is 4.74 Å². The number of amides is 1. The fourth-order valence-corrected chi connectivity index (χ4v) is 3.44. The van der Waals surface area contributed by atoms with Gasteiger partial charge in [0.1, 0.15) is 6.54 Å². The molecule has 2 N–H and O–H groups in total. The van der Waals surface area contributed by atoms with E-state index in [1.807, 2.05) is 4.72 Å². The molecule has 0 saturated heterocycles. The second-order valence-corrected chi connectivity index (χ2v) is 8.35. The van der Waals surface area contributed by atoms with Crippen LogP contribution in [0.15, 0.2) is 64.9 Å². The number of esters is 1. The van der Waals surface area contributed by atoms with Crippen molar-refractivity contribution in [3.05, 3.63) is 65.6 Å². The van der Waals surface area contributed by atoms with Crippen LogP contribution in [0.25, 0.3) is 6.08 Å². The molecule has 0 aliphatic heterocycles. The van der Waals surface area contributed by atoms with Gasteiger partial charge in [-0.15, -0.1) is 0 Å². The first-order valence-electron chi connectivity index (χ1n) is 8.47. The van der Waals surface area contributed by atoms with Crippen LogP contribution in [0.4, 0.5) is 14.5 Å². The molecule has 1 amide bonds. The fraction of sp³-hybridized carbons (Fsp3) is 0.158. The zero-order valence-corrected chi connectivity index (χ0v) is 17.1. The Kier molecular flexibility index (Phi) is 8.96. The Morgan fingerprint density at radius 3 is 2.43 bits per heavy atom. The first kappa shape index (κ1) is 23.5. The number of ether oxygens (including phenoxy) is 1. The maximum Gasteiger partial charge on any atom is 0.321 e. The molecular formula is C19H18F2N2O5S2. The highest BCUT2D eigenvalue weighted by Gasteiger charge is 2.14. The summed E-state index contributed by atoms with van der Waals surface area (Å²) in [6.07, 6.45) is 1.36. The summed E-state index contributed by atoms with van der Waals surface area (Å²) in [7, 11) is -3.88. The zero-order chi connectivity index (χ0) is 22.0. The lowest BCUT2D eigenvalue weighted by Crippen LogP contribution is -2.31. The van der Waals surface area contributed by atoms with E-state index >= 15 is 0 Å². The normalized spacial score (nSPS) is 11.6. The molecule has 2 aromatic carbocycles. The average molecular weight is 456 g/mol. The number of hydrogen-bond donors (Lipinski definition) is 2. The Labute approximate surface area is 176 Å². The fourth-order valence-electron chi connectivity index (χ4n) is 2.09. The van der Waals surface area contributed by atoms with Crippen molar-refractivity contribution < 1.29 is 31.5 Å². The van der Waals surface area contributed by atoms with Crippen LogP contribution < -0.4 is 10.0 Å². The zero-order valence-electron chi connectivity index (χ0n) is 15.5. The molecule has 0 heterocycles. The molecule has 0 atom stereocenters. The van der Waals surface area contributed by atoms with Crippen LogP contribution in [0.5, 0.6) is 0 Å². The van der Waals surface area contributed by atoms with Gasteiger partial charge in [0, 0.05) is 10.3 Å². The van der Waals surface area contributed by atoms with Crippen molar-refractivity contribution >= 4 is 45.4 Å². The van der Waals surface area contributed by atoms with E-state index in [2.05, 4.69) is 5.32 Å².